The lowest BCUT2D eigenvalue weighted by molar-refractivity contribution is -0.662. The highest BCUT2D eigenvalue weighted by atomic mass is 16.3. The van der Waals surface area contributed by atoms with E-state index in [2.05, 4.69) is 62.6 Å². The van der Waals surface area contributed by atoms with Gasteiger partial charge in [0, 0.05) is 10.8 Å². The molecule has 152 valence electrons. The Hall–Kier alpha value is -3.71. The number of aryl methyl sites for hydroxylation is 2. The first-order valence-electron chi connectivity index (χ1n) is 10.5. The monoisotopic (exact) mass is 406 g/mol. The van der Waals surface area contributed by atoms with E-state index in [1.165, 1.54) is 16.7 Å². The molecular formula is C27H24N3O+. The SMILES string of the molecule is Cc1cc2c(oc3ccc(C#N)cc32)c(-c2c3ccc(C(C)C)cc3nc[n+]2C)c1C. The second-order valence-corrected chi connectivity index (χ2v) is 8.63. The molecule has 0 saturated carbocycles. The Balaban J connectivity index is 1.93. The van der Waals surface area contributed by atoms with Gasteiger partial charge in [0.25, 0.3) is 6.33 Å². The molecule has 2 aromatic heterocycles. The summed E-state index contributed by atoms with van der Waals surface area (Å²) in [6.07, 6.45) is 1.88. The third kappa shape index (κ3) is 2.89. The van der Waals surface area contributed by atoms with Crippen molar-refractivity contribution in [2.45, 2.75) is 33.6 Å². The van der Waals surface area contributed by atoms with Crippen LogP contribution in [0.25, 0.3) is 44.1 Å². The molecule has 0 aliphatic carbocycles. The Morgan fingerprint density at radius 1 is 1.00 bits per heavy atom. The van der Waals surface area contributed by atoms with Crippen LogP contribution in [-0.4, -0.2) is 4.98 Å². The maximum atomic E-state index is 9.36. The van der Waals surface area contributed by atoms with Crippen LogP contribution in [0.2, 0.25) is 0 Å². The number of hydrogen-bond acceptors (Lipinski definition) is 3. The molecule has 2 heterocycles. The van der Waals surface area contributed by atoms with Gasteiger partial charge in [-0.15, -0.1) is 0 Å². The molecule has 0 N–H and O–H groups in total. The summed E-state index contributed by atoms with van der Waals surface area (Å²) in [5.74, 6) is 0.445. The van der Waals surface area contributed by atoms with E-state index >= 15 is 0 Å². The quantitative estimate of drug-likeness (QED) is 0.326. The maximum absolute atomic E-state index is 9.36. The zero-order chi connectivity index (χ0) is 21.9. The molecule has 0 spiro atoms. The molecule has 0 aliphatic rings. The van der Waals surface area contributed by atoms with Gasteiger partial charge in [-0.05, 0) is 77.8 Å². The van der Waals surface area contributed by atoms with E-state index in [1.807, 2.05) is 25.5 Å². The predicted molar refractivity (Wildman–Crippen MR) is 124 cm³/mol. The van der Waals surface area contributed by atoms with Crippen molar-refractivity contribution in [3.05, 3.63) is 71.0 Å². The number of furan rings is 1. The molecule has 0 fully saturated rings. The number of nitrogens with zero attached hydrogens (tertiary/aromatic N) is 3. The Kier molecular flexibility index (Phi) is 4.30. The van der Waals surface area contributed by atoms with Gasteiger partial charge in [-0.2, -0.15) is 5.26 Å². The zero-order valence-electron chi connectivity index (χ0n) is 18.4. The summed E-state index contributed by atoms with van der Waals surface area (Å²) in [6.45, 7) is 8.67. The van der Waals surface area contributed by atoms with E-state index < -0.39 is 0 Å². The van der Waals surface area contributed by atoms with Crippen molar-refractivity contribution in [2.24, 2.45) is 7.05 Å². The minimum absolute atomic E-state index is 0.445. The highest BCUT2D eigenvalue weighted by Crippen LogP contribution is 2.40. The predicted octanol–water partition coefficient (Wildman–Crippen LogP) is 6.24. The molecule has 0 aliphatic heterocycles. The van der Waals surface area contributed by atoms with E-state index in [0.29, 0.717) is 11.5 Å². The van der Waals surface area contributed by atoms with E-state index in [9.17, 15) is 5.26 Å². The average Bonchev–Trinajstić information content (AvgIpc) is 3.12. The van der Waals surface area contributed by atoms with Crippen LogP contribution in [0.15, 0.2) is 53.2 Å². The fourth-order valence-corrected chi connectivity index (χ4v) is 4.42. The van der Waals surface area contributed by atoms with E-state index in [-0.39, 0.29) is 0 Å². The lowest BCUT2D eigenvalue weighted by atomic mass is 9.93. The van der Waals surface area contributed by atoms with Crippen molar-refractivity contribution >= 4 is 32.8 Å². The lowest BCUT2D eigenvalue weighted by Crippen LogP contribution is -2.32. The molecule has 31 heavy (non-hydrogen) atoms. The maximum Gasteiger partial charge on any atom is 0.287 e. The van der Waals surface area contributed by atoms with Gasteiger partial charge in [0.05, 0.1) is 29.6 Å². The van der Waals surface area contributed by atoms with E-state index in [1.54, 1.807) is 6.07 Å². The minimum atomic E-state index is 0.445. The lowest BCUT2D eigenvalue weighted by Gasteiger charge is -2.13. The van der Waals surface area contributed by atoms with Gasteiger partial charge in [-0.1, -0.05) is 19.9 Å². The summed E-state index contributed by atoms with van der Waals surface area (Å²) in [5.41, 5.74) is 9.08. The smallest absolute Gasteiger partial charge is 0.287 e. The van der Waals surface area contributed by atoms with Crippen molar-refractivity contribution in [2.75, 3.05) is 0 Å². The van der Waals surface area contributed by atoms with Crippen molar-refractivity contribution in [3.63, 3.8) is 0 Å². The summed E-state index contributed by atoms with van der Waals surface area (Å²) in [7, 11) is 2.03. The van der Waals surface area contributed by atoms with Crippen LogP contribution in [0.3, 0.4) is 0 Å². The van der Waals surface area contributed by atoms with Crippen molar-refractivity contribution in [1.82, 2.24) is 4.98 Å². The summed E-state index contributed by atoms with van der Waals surface area (Å²) in [6, 6.07) is 16.6. The first-order chi connectivity index (χ1) is 14.9. The molecule has 0 bridgehead atoms. The van der Waals surface area contributed by atoms with Gasteiger partial charge in [-0.3, -0.25) is 0 Å². The number of hydrogen-bond donors (Lipinski definition) is 0. The van der Waals surface area contributed by atoms with Crippen LogP contribution in [0.1, 0.15) is 42.0 Å². The molecular weight excluding hydrogens is 382 g/mol. The molecule has 5 rings (SSSR count). The summed E-state index contributed by atoms with van der Waals surface area (Å²) in [4.78, 5) is 4.70. The third-order valence-corrected chi connectivity index (χ3v) is 6.31. The van der Waals surface area contributed by atoms with E-state index in [4.69, 9.17) is 9.40 Å². The normalized spacial score (nSPS) is 11.6. The fourth-order valence-electron chi connectivity index (χ4n) is 4.42. The average molecular weight is 407 g/mol. The summed E-state index contributed by atoms with van der Waals surface area (Å²) in [5, 5.41) is 12.5. The van der Waals surface area contributed by atoms with Gasteiger partial charge in [0.1, 0.15) is 16.9 Å². The van der Waals surface area contributed by atoms with Gasteiger partial charge in [0.15, 0.2) is 5.52 Å². The molecule has 0 unspecified atom stereocenters. The number of rotatable bonds is 2. The fraction of sp³-hybridized carbons (Fsp3) is 0.222. The van der Waals surface area contributed by atoms with Crippen molar-refractivity contribution in [3.8, 4) is 17.3 Å². The third-order valence-electron chi connectivity index (χ3n) is 6.31. The molecule has 0 radical (unpaired) electrons. The Morgan fingerprint density at radius 3 is 2.55 bits per heavy atom. The topological polar surface area (TPSA) is 53.7 Å². The van der Waals surface area contributed by atoms with Crippen molar-refractivity contribution < 1.29 is 8.98 Å². The molecule has 0 amide bonds. The molecule has 0 saturated heterocycles. The zero-order valence-corrected chi connectivity index (χ0v) is 18.4. The van der Waals surface area contributed by atoms with Crippen LogP contribution >= 0.6 is 0 Å². The van der Waals surface area contributed by atoms with Crippen molar-refractivity contribution in [1.29, 1.82) is 5.26 Å². The van der Waals surface area contributed by atoms with Gasteiger partial charge >= 0.3 is 0 Å². The number of benzene rings is 3. The molecule has 5 aromatic rings. The van der Waals surface area contributed by atoms with E-state index in [0.717, 1.165) is 44.1 Å². The number of aromatic nitrogens is 2. The highest BCUT2D eigenvalue weighted by molar-refractivity contribution is 6.12. The molecule has 3 aromatic carbocycles. The minimum Gasteiger partial charge on any atom is -0.455 e. The standard InChI is InChI=1S/C27H24N3O/c1-15(2)19-7-8-20-23(12-19)29-14-30(5)26(20)25-17(4)16(3)10-22-21-11-18(13-28)6-9-24(21)31-27(22)25/h6-12,14-15H,1-5H3/q+1. The van der Waals surface area contributed by atoms with Crippen LogP contribution in [-0.2, 0) is 7.05 Å². The molecule has 4 nitrogen and oxygen atoms in total. The molecule has 4 heteroatoms. The second-order valence-electron chi connectivity index (χ2n) is 8.63. The highest BCUT2D eigenvalue weighted by Gasteiger charge is 2.24. The van der Waals surface area contributed by atoms with Gasteiger partial charge < -0.3 is 4.42 Å². The number of nitriles is 1. The Bertz CT molecular complexity index is 1550. The second kappa shape index (κ2) is 6.92. The first kappa shape index (κ1) is 19.3. The Morgan fingerprint density at radius 2 is 1.81 bits per heavy atom. The Labute approximate surface area is 181 Å². The van der Waals surface area contributed by atoms with Crippen LogP contribution in [0.4, 0.5) is 0 Å². The van der Waals surface area contributed by atoms with Crippen LogP contribution in [0.5, 0.6) is 0 Å². The van der Waals surface area contributed by atoms with Crippen LogP contribution < -0.4 is 4.57 Å². The summed E-state index contributed by atoms with van der Waals surface area (Å²) >= 11 is 0. The van der Waals surface area contributed by atoms with Gasteiger partial charge in [-0.25, -0.2) is 4.57 Å². The van der Waals surface area contributed by atoms with Crippen LogP contribution in [0, 0.1) is 25.2 Å². The first-order valence-corrected chi connectivity index (χ1v) is 10.5. The molecule has 0 atom stereocenters. The van der Waals surface area contributed by atoms with Gasteiger partial charge in [0.2, 0.25) is 0 Å². The summed E-state index contributed by atoms with van der Waals surface area (Å²) < 4.78 is 8.47. The number of fused-ring (bicyclic) bond motifs is 4. The largest absolute Gasteiger partial charge is 0.455 e.